The molecule has 1 saturated heterocycles. The third kappa shape index (κ3) is 2.51. The molecule has 0 aromatic carbocycles. The third-order valence-electron chi connectivity index (χ3n) is 6.11. The fourth-order valence-electron chi connectivity index (χ4n) is 4.30. The zero-order valence-electron chi connectivity index (χ0n) is 13.0. The average Bonchev–Trinajstić information content (AvgIpc) is 2.93. The molecule has 2 amide bonds. The van der Waals surface area contributed by atoms with Gasteiger partial charge in [0, 0.05) is 13.1 Å². The van der Waals surface area contributed by atoms with Crippen LogP contribution in [0.25, 0.3) is 0 Å². The SMILES string of the molecule is CC(C)C1(CNC(=O)N2CC3CCCC3C2C(=O)O)CC1. The molecule has 2 aliphatic carbocycles. The second-order valence-electron chi connectivity index (χ2n) is 7.47. The normalized spacial score (nSPS) is 33.1. The number of carbonyl (C=O) groups excluding carboxylic acids is 1. The highest BCUT2D eigenvalue weighted by Gasteiger charge is 2.50. The van der Waals surface area contributed by atoms with Gasteiger partial charge in [-0.2, -0.15) is 0 Å². The Balaban J connectivity index is 1.63. The lowest BCUT2D eigenvalue weighted by molar-refractivity contribution is -0.142. The predicted octanol–water partition coefficient (Wildman–Crippen LogP) is 2.32. The largest absolute Gasteiger partial charge is 0.480 e. The van der Waals surface area contributed by atoms with Crippen LogP contribution in [0.5, 0.6) is 0 Å². The van der Waals surface area contributed by atoms with Crippen LogP contribution in [0.3, 0.4) is 0 Å². The zero-order chi connectivity index (χ0) is 15.2. The van der Waals surface area contributed by atoms with Gasteiger partial charge < -0.3 is 15.3 Å². The van der Waals surface area contributed by atoms with Gasteiger partial charge in [0.1, 0.15) is 6.04 Å². The number of rotatable bonds is 4. The van der Waals surface area contributed by atoms with Crippen LogP contribution in [0.15, 0.2) is 0 Å². The fourth-order valence-corrected chi connectivity index (χ4v) is 4.30. The van der Waals surface area contributed by atoms with Crippen LogP contribution in [0.4, 0.5) is 4.79 Å². The lowest BCUT2D eigenvalue weighted by Gasteiger charge is -2.27. The molecule has 1 heterocycles. The number of nitrogens with zero attached hydrogens (tertiary/aromatic N) is 1. The number of hydrogen-bond acceptors (Lipinski definition) is 2. The van der Waals surface area contributed by atoms with Gasteiger partial charge in [0.2, 0.25) is 0 Å². The maximum absolute atomic E-state index is 12.4. The molecule has 0 bridgehead atoms. The first-order valence-corrected chi connectivity index (χ1v) is 8.22. The number of likely N-dealkylation sites (tertiary alicyclic amines) is 1. The Labute approximate surface area is 126 Å². The van der Waals surface area contributed by atoms with Gasteiger partial charge in [-0.1, -0.05) is 20.3 Å². The number of amides is 2. The highest BCUT2D eigenvalue weighted by atomic mass is 16.4. The summed E-state index contributed by atoms with van der Waals surface area (Å²) in [6, 6.07) is -0.796. The summed E-state index contributed by atoms with van der Waals surface area (Å²) in [6.07, 6.45) is 5.44. The van der Waals surface area contributed by atoms with Crippen molar-refractivity contribution in [3.63, 3.8) is 0 Å². The summed E-state index contributed by atoms with van der Waals surface area (Å²) in [4.78, 5) is 25.6. The van der Waals surface area contributed by atoms with E-state index in [1.54, 1.807) is 4.90 Å². The maximum atomic E-state index is 12.4. The highest BCUT2D eigenvalue weighted by molar-refractivity contribution is 5.83. The van der Waals surface area contributed by atoms with Crippen LogP contribution in [0.1, 0.15) is 46.0 Å². The van der Waals surface area contributed by atoms with Gasteiger partial charge in [0.25, 0.3) is 0 Å². The van der Waals surface area contributed by atoms with E-state index in [2.05, 4.69) is 19.2 Å². The van der Waals surface area contributed by atoms with Crippen LogP contribution < -0.4 is 5.32 Å². The minimum absolute atomic E-state index is 0.160. The van der Waals surface area contributed by atoms with E-state index >= 15 is 0 Å². The summed E-state index contributed by atoms with van der Waals surface area (Å²) < 4.78 is 0. The lowest BCUT2D eigenvalue weighted by atomic mass is 9.92. The maximum Gasteiger partial charge on any atom is 0.326 e. The Morgan fingerprint density at radius 3 is 2.62 bits per heavy atom. The van der Waals surface area contributed by atoms with E-state index in [1.807, 2.05) is 0 Å². The Morgan fingerprint density at radius 1 is 1.33 bits per heavy atom. The van der Waals surface area contributed by atoms with Gasteiger partial charge >= 0.3 is 12.0 Å². The van der Waals surface area contributed by atoms with Crippen LogP contribution >= 0.6 is 0 Å². The molecular formula is C16H26N2O3. The van der Waals surface area contributed by atoms with E-state index < -0.39 is 12.0 Å². The Kier molecular flexibility index (Phi) is 3.62. The van der Waals surface area contributed by atoms with Crippen LogP contribution in [-0.2, 0) is 4.79 Å². The Bertz CT molecular complexity index is 445. The van der Waals surface area contributed by atoms with Gasteiger partial charge in [-0.3, -0.25) is 0 Å². The summed E-state index contributed by atoms with van der Waals surface area (Å²) >= 11 is 0. The summed E-state index contributed by atoms with van der Waals surface area (Å²) in [5, 5.41) is 12.5. The summed E-state index contributed by atoms with van der Waals surface area (Å²) in [5.41, 5.74) is 0.254. The van der Waals surface area contributed by atoms with E-state index in [4.69, 9.17) is 0 Å². The van der Waals surface area contributed by atoms with Crippen LogP contribution in [-0.4, -0.2) is 41.1 Å². The number of urea groups is 1. The van der Waals surface area contributed by atoms with Crippen molar-refractivity contribution in [2.75, 3.05) is 13.1 Å². The fraction of sp³-hybridized carbons (Fsp3) is 0.875. The first-order chi connectivity index (χ1) is 9.94. The molecule has 5 nitrogen and oxygen atoms in total. The number of hydrogen-bond donors (Lipinski definition) is 2. The molecule has 3 aliphatic rings. The van der Waals surface area contributed by atoms with Crippen molar-refractivity contribution in [3.05, 3.63) is 0 Å². The molecule has 0 aromatic rings. The van der Waals surface area contributed by atoms with Crippen molar-refractivity contribution in [2.45, 2.75) is 52.0 Å². The highest BCUT2D eigenvalue weighted by Crippen LogP contribution is 2.51. The number of carboxylic acid groups (broad SMARTS) is 1. The molecule has 2 N–H and O–H groups in total. The van der Waals surface area contributed by atoms with Crippen molar-refractivity contribution in [3.8, 4) is 0 Å². The van der Waals surface area contributed by atoms with Crippen molar-refractivity contribution in [2.24, 2.45) is 23.2 Å². The molecule has 3 atom stereocenters. The Morgan fingerprint density at radius 2 is 2.05 bits per heavy atom. The molecule has 0 spiro atoms. The minimum Gasteiger partial charge on any atom is -0.480 e. The third-order valence-corrected chi connectivity index (χ3v) is 6.11. The van der Waals surface area contributed by atoms with Gasteiger partial charge in [0.15, 0.2) is 0 Å². The van der Waals surface area contributed by atoms with Gasteiger partial charge in [-0.05, 0) is 48.9 Å². The standard InChI is InChI=1S/C16H26N2O3/c1-10(2)16(6-7-16)9-17-15(21)18-8-11-4-3-5-12(11)13(18)14(19)20/h10-13H,3-9H2,1-2H3,(H,17,21)(H,19,20). The van der Waals surface area contributed by atoms with Crippen molar-refractivity contribution in [1.82, 2.24) is 10.2 Å². The minimum atomic E-state index is -0.843. The van der Waals surface area contributed by atoms with Gasteiger partial charge in [0.05, 0.1) is 0 Å². The predicted molar refractivity (Wildman–Crippen MR) is 78.9 cm³/mol. The monoisotopic (exact) mass is 294 g/mol. The van der Waals surface area contributed by atoms with E-state index in [1.165, 1.54) is 12.8 Å². The zero-order valence-corrected chi connectivity index (χ0v) is 13.0. The van der Waals surface area contributed by atoms with Crippen molar-refractivity contribution in [1.29, 1.82) is 0 Å². The van der Waals surface area contributed by atoms with Crippen LogP contribution in [0, 0.1) is 23.2 Å². The molecule has 3 fully saturated rings. The van der Waals surface area contributed by atoms with E-state index in [9.17, 15) is 14.7 Å². The summed E-state index contributed by atoms with van der Waals surface area (Å²) in [7, 11) is 0. The number of fused-ring (bicyclic) bond motifs is 1. The van der Waals surface area contributed by atoms with Gasteiger partial charge in [-0.25, -0.2) is 9.59 Å². The van der Waals surface area contributed by atoms with Crippen LogP contribution in [0.2, 0.25) is 0 Å². The van der Waals surface area contributed by atoms with Crippen molar-refractivity contribution < 1.29 is 14.7 Å². The number of nitrogens with one attached hydrogen (secondary N) is 1. The first-order valence-electron chi connectivity index (χ1n) is 8.22. The molecule has 1 aliphatic heterocycles. The molecule has 5 heteroatoms. The number of carbonyl (C=O) groups is 2. The average molecular weight is 294 g/mol. The molecule has 118 valence electrons. The first kappa shape index (κ1) is 14.7. The van der Waals surface area contributed by atoms with Crippen molar-refractivity contribution >= 4 is 12.0 Å². The molecular weight excluding hydrogens is 268 g/mol. The molecule has 0 aromatic heterocycles. The Hall–Kier alpha value is -1.26. The second-order valence-corrected chi connectivity index (χ2v) is 7.47. The topological polar surface area (TPSA) is 69.6 Å². The lowest BCUT2D eigenvalue weighted by Crippen LogP contribution is -2.49. The smallest absolute Gasteiger partial charge is 0.326 e. The molecule has 2 saturated carbocycles. The summed E-state index contributed by atoms with van der Waals surface area (Å²) in [5.74, 6) is 0.264. The second kappa shape index (κ2) is 5.18. The number of carboxylic acids is 1. The van der Waals surface area contributed by atoms with E-state index in [0.717, 1.165) is 19.3 Å². The quantitative estimate of drug-likeness (QED) is 0.836. The molecule has 0 radical (unpaired) electrons. The molecule has 21 heavy (non-hydrogen) atoms. The summed E-state index contributed by atoms with van der Waals surface area (Å²) in [6.45, 7) is 5.68. The number of aliphatic carboxylic acids is 1. The van der Waals surface area contributed by atoms with E-state index in [0.29, 0.717) is 24.9 Å². The molecule has 3 rings (SSSR count). The van der Waals surface area contributed by atoms with Gasteiger partial charge in [-0.15, -0.1) is 0 Å². The van der Waals surface area contributed by atoms with E-state index in [-0.39, 0.29) is 17.4 Å². The molecule has 3 unspecified atom stereocenters.